The van der Waals surface area contributed by atoms with Crippen LogP contribution in [-0.2, 0) is 0 Å². The lowest BCUT2D eigenvalue weighted by Gasteiger charge is -2.18. The zero-order valence-corrected chi connectivity index (χ0v) is 11.5. The van der Waals surface area contributed by atoms with Gasteiger partial charge in [-0.1, -0.05) is 18.5 Å². The Hall–Kier alpha value is -0.450. The highest BCUT2D eigenvalue weighted by atomic mass is 35.5. The third-order valence-electron chi connectivity index (χ3n) is 2.39. The zero-order chi connectivity index (χ0) is 12.7. The van der Waals surface area contributed by atoms with Crippen molar-refractivity contribution in [3.8, 4) is 0 Å². The van der Waals surface area contributed by atoms with Gasteiger partial charge in [0.1, 0.15) is 5.82 Å². The Morgan fingerprint density at radius 1 is 1.53 bits per heavy atom. The number of thioether (sulfide) groups is 1. The molecule has 96 valence electrons. The first-order valence-electron chi connectivity index (χ1n) is 5.66. The minimum absolute atomic E-state index is 0.133. The molecule has 0 aliphatic carbocycles. The second kappa shape index (κ2) is 7.80. The van der Waals surface area contributed by atoms with E-state index < -0.39 is 0 Å². The lowest BCUT2D eigenvalue weighted by molar-refractivity contribution is 0.627. The van der Waals surface area contributed by atoms with Crippen LogP contribution in [0.3, 0.4) is 0 Å². The second-order valence-corrected chi connectivity index (χ2v) is 5.49. The molecule has 0 fully saturated rings. The topological polar surface area (TPSA) is 38.0 Å². The Kier molecular flexibility index (Phi) is 6.70. The Balaban J connectivity index is 2.57. The molecule has 1 rings (SSSR count). The summed E-state index contributed by atoms with van der Waals surface area (Å²) in [5.41, 5.74) is 6.30. The summed E-state index contributed by atoms with van der Waals surface area (Å²) in [4.78, 5) is 0. The standard InChI is InChI=1S/C12H18ClFN2S/c1-2-17-6-5-10(8-15)16-12-7-9(14)3-4-11(12)13/h3-4,7,10,16H,2,5-6,8,15H2,1H3. The van der Waals surface area contributed by atoms with Gasteiger partial charge in [0, 0.05) is 12.6 Å². The number of benzene rings is 1. The van der Waals surface area contributed by atoms with E-state index in [9.17, 15) is 4.39 Å². The molecular weight excluding hydrogens is 259 g/mol. The predicted octanol–water partition coefficient (Wildman–Crippen LogP) is 3.36. The van der Waals surface area contributed by atoms with Crippen LogP contribution >= 0.6 is 23.4 Å². The van der Waals surface area contributed by atoms with Crippen molar-refractivity contribution in [1.29, 1.82) is 0 Å². The molecule has 1 aromatic rings. The van der Waals surface area contributed by atoms with Crippen LogP contribution in [0.5, 0.6) is 0 Å². The van der Waals surface area contributed by atoms with Gasteiger partial charge in [-0.3, -0.25) is 0 Å². The summed E-state index contributed by atoms with van der Waals surface area (Å²) >= 11 is 7.85. The average Bonchev–Trinajstić information content (AvgIpc) is 2.32. The van der Waals surface area contributed by atoms with Crippen LogP contribution in [0.25, 0.3) is 0 Å². The van der Waals surface area contributed by atoms with Gasteiger partial charge in [0.25, 0.3) is 0 Å². The molecule has 5 heteroatoms. The number of hydrogen-bond donors (Lipinski definition) is 2. The van der Waals surface area contributed by atoms with Crippen LogP contribution in [-0.4, -0.2) is 24.1 Å². The van der Waals surface area contributed by atoms with Gasteiger partial charge in [0.15, 0.2) is 0 Å². The molecule has 2 nitrogen and oxygen atoms in total. The van der Waals surface area contributed by atoms with Crippen LogP contribution in [0.4, 0.5) is 10.1 Å². The van der Waals surface area contributed by atoms with Gasteiger partial charge in [-0.2, -0.15) is 11.8 Å². The summed E-state index contributed by atoms with van der Waals surface area (Å²) < 4.78 is 13.1. The molecule has 0 amide bonds. The first-order valence-corrected chi connectivity index (χ1v) is 7.20. The van der Waals surface area contributed by atoms with Gasteiger partial charge in [0.2, 0.25) is 0 Å². The van der Waals surface area contributed by atoms with Crippen molar-refractivity contribution in [3.63, 3.8) is 0 Å². The van der Waals surface area contributed by atoms with E-state index in [4.69, 9.17) is 17.3 Å². The second-order valence-electron chi connectivity index (χ2n) is 3.69. The highest BCUT2D eigenvalue weighted by molar-refractivity contribution is 7.99. The maximum Gasteiger partial charge on any atom is 0.125 e. The SMILES string of the molecule is CCSCCC(CN)Nc1cc(F)ccc1Cl. The molecule has 0 aromatic heterocycles. The summed E-state index contributed by atoms with van der Waals surface area (Å²) in [5, 5.41) is 3.71. The minimum atomic E-state index is -0.296. The minimum Gasteiger partial charge on any atom is -0.380 e. The first-order chi connectivity index (χ1) is 8.17. The highest BCUT2D eigenvalue weighted by Gasteiger charge is 2.09. The molecule has 0 aliphatic rings. The molecular formula is C12H18ClFN2S. The molecule has 0 bridgehead atoms. The normalized spacial score (nSPS) is 12.5. The third kappa shape index (κ3) is 5.15. The van der Waals surface area contributed by atoms with Gasteiger partial charge in [-0.15, -0.1) is 0 Å². The molecule has 0 aliphatic heterocycles. The molecule has 0 saturated carbocycles. The quantitative estimate of drug-likeness (QED) is 0.750. The van der Waals surface area contributed by atoms with Crippen molar-refractivity contribution < 1.29 is 4.39 Å². The molecule has 1 unspecified atom stereocenters. The fourth-order valence-corrected chi connectivity index (χ4v) is 2.36. The van der Waals surface area contributed by atoms with Gasteiger partial charge in [-0.05, 0) is 36.1 Å². The van der Waals surface area contributed by atoms with E-state index in [1.165, 1.54) is 12.1 Å². The van der Waals surface area contributed by atoms with Gasteiger partial charge < -0.3 is 11.1 Å². The third-order valence-corrected chi connectivity index (χ3v) is 3.65. The van der Waals surface area contributed by atoms with E-state index in [1.54, 1.807) is 6.07 Å². The zero-order valence-electron chi connectivity index (χ0n) is 9.88. The van der Waals surface area contributed by atoms with Crippen molar-refractivity contribution >= 4 is 29.1 Å². The molecule has 17 heavy (non-hydrogen) atoms. The summed E-state index contributed by atoms with van der Waals surface area (Å²) in [5.74, 6) is 1.84. The fourth-order valence-electron chi connectivity index (χ4n) is 1.45. The van der Waals surface area contributed by atoms with E-state index in [-0.39, 0.29) is 11.9 Å². The number of halogens is 2. The van der Waals surface area contributed by atoms with Gasteiger partial charge in [-0.25, -0.2) is 4.39 Å². The van der Waals surface area contributed by atoms with Crippen molar-refractivity contribution in [2.45, 2.75) is 19.4 Å². The number of nitrogens with one attached hydrogen (secondary N) is 1. The van der Waals surface area contributed by atoms with Crippen LogP contribution < -0.4 is 11.1 Å². The number of hydrogen-bond acceptors (Lipinski definition) is 3. The molecule has 0 heterocycles. The molecule has 0 saturated heterocycles. The monoisotopic (exact) mass is 276 g/mol. The maximum atomic E-state index is 13.1. The summed E-state index contributed by atoms with van der Waals surface area (Å²) in [6.45, 7) is 2.64. The van der Waals surface area contributed by atoms with Crippen molar-refractivity contribution in [1.82, 2.24) is 0 Å². The van der Waals surface area contributed by atoms with Crippen molar-refractivity contribution in [2.24, 2.45) is 5.73 Å². The smallest absolute Gasteiger partial charge is 0.125 e. The molecule has 0 radical (unpaired) electrons. The van der Waals surface area contributed by atoms with Crippen LogP contribution in [0.1, 0.15) is 13.3 Å². The van der Waals surface area contributed by atoms with Crippen molar-refractivity contribution in [3.05, 3.63) is 29.0 Å². The van der Waals surface area contributed by atoms with Gasteiger partial charge >= 0.3 is 0 Å². The fraction of sp³-hybridized carbons (Fsp3) is 0.500. The summed E-state index contributed by atoms with van der Waals surface area (Å²) in [7, 11) is 0. The lowest BCUT2D eigenvalue weighted by Crippen LogP contribution is -2.29. The average molecular weight is 277 g/mol. The summed E-state index contributed by atoms with van der Waals surface area (Å²) in [6, 6.07) is 4.43. The number of rotatable bonds is 7. The Bertz CT molecular complexity index is 349. The summed E-state index contributed by atoms with van der Waals surface area (Å²) in [6.07, 6.45) is 0.946. The Morgan fingerprint density at radius 3 is 2.94 bits per heavy atom. The van der Waals surface area contributed by atoms with Crippen molar-refractivity contribution in [2.75, 3.05) is 23.4 Å². The Morgan fingerprint density at radius 2 is 2.29 bits per heavy atom. The highest BCUT2D eigenvalue weighted by Crippen LogP contribution is 2.23. The lowest BCUT2D eigenvalue weighted by atomic mass is 10.2. The van der Waals surface area contributed by atoms with Gasteiger partial charge in [0.05, 0.1) is 10.7 Å². The molecule has 1 aromatic carbocycles. The van der Waals surface area contributed by atoms with E-state index in [1.807, 2.05) is 11.8 Å². The van der Waals surface area contributed by atoms with Crippen LogP contribution in [0.2, 0.25) is 5.02 Å². The van der Waals surface area contributed by atoms with E-state index in [0.717, 1.165) is 17.9 Å². The number of nitrogens with two attached hydrogens (primary N) is 1. The first kappa shape index (κ1) is 14.6. The molecule has 1 atom stereocenters. The van der Waals surface area contributed by atoms with E-state index >= 15 is 0 Å². The Labute approximate surface area is 111 Å². The van der Waals surface area contributed by atoms with E-state index in [2.05, 4.69) is 12.2 Å². The van der Waals surface area contributed by atoms with E-state index in [0.29, 0.717) is 17.3 Å². The molecule has 0 spiro atoms. The number of anilines is 1. The van der Waals surface area contributed by atoms with Crippen LogP contribution in [0, 0.1) is 5.82 Å². The maximum absolute atomic E-state index is 13.1. The van der Waals surface area contributed by atoms with Crippen LogP contribution in [0.15, 0.2) is 18.2 Å². The molecule has 3 N–H and O–H groups in total. The largest absolute Gasteiger partial charge is 0.380 e. The predicted molar refractivity (Wildman–Crippen MR) is 75.5 cm³/mol.